The van der Waals surface area contributed by atoms with Gasteiger partial charge in [-0.2, -0.15) is 0 Å². The Morgan fingerprint density at radius 1 is 1.21 bits per heavy atom. The van der Waals surface area contributed by atoms with Crippen molar-refractivity contribution in [1.29, 1.82) is 0 Å². The number of methoxy groups -OCH3 is 1. The molecule has 0 bridgehead atoms. The summed E-state index contributed by atoms with van der Waals surface area (Å²) >= 11 is 0. The van der Waals surface area contributed by atoms with Crippen molar-refractivity contribution in [1.82, 2.24) is 14.5 Å². The van der Waals surface area contributed by atoms with E-state index in [9.17, 15) is 14.3 Å². The Kier molecular flexibility index (Phi) is 7.45. The Morgan fingerprint density at radius 2 is 2.00 bits per heavy atom. The number of aryl methyl sites for hydroxylation is 4. The number of nitrogens with one attached hydrogen (secondary N) is 1. The Hall–Kier alpha value is -3.42. The van der Waals surface area contributed by atoms with E-state index in [-0.39, 0.29) is 12.2 Å². The zero-order chi connectivity index (χ0) is 24.1. The third kappa shape index (κ3) is 5.55. The molecule has 0 amide bonds. The number of aromatic nitrogens is 3. The highest BCUT2D eigenvalue weighted by Gasteiger charge is 2.24. The lowest BCUT2D eigenvalue weighted by Crippen LogP contribution is -2.14. The molecule has 0 aliphatic carbocycles. The monoisotopic (exact) mass is 466 g/mol. The van der Waals surface area contributed by atoms with Gasteiger partial charge < -0.3 is 19.7 Å². The van der Waals surface area contributed by atoms with Gasteiger partial charge in [0, 0.05) is 25.5 Å². The van der Waals surface area contributed by atoms with Gasteiger partial charge in [-0.15, -0.1) is 0 Å². The summed E-state index contributed by atoms with van der Waals surface area (Å²) in [7, 11) is 3.25. The highest BCUT2D eigenvalue weighted by Crippen LogP contribution is 2.30. The van der Waals surface area contributed by atoms with Gasteiger partial charge in [-0.3, -0.25) is 4.79 Å². The van der Waals surface area contributed by atoms with Gasteiger partial charge in [-0.25, -0.2) is 14.4 Å². The number of hydrogen-bond donors (Lipinski definition) is 2. The number of unbranched alkanes of at least 4 members (excludes halogenated alkanes) is 1. The van der Waals surface area contributed by atoms with E-state index in [4.69, 9.17) is 14.7 Å². The normalized spacial score (nSPS) is 13.7. The Bertz CT molecular complexity index is 1160. The van der Waals surface area contributed by atoms with Crippen molar-refractivity contribution < 1.29 is 19.0 Å². The number of carboxylic acid groups (broad SMARTS) is 1. The van der Waals surface area contributed by atoms with Crippen molar-refractivity contribution >= 4 is 11.8 Å². The molecule has 180 valence electrons. The number of imidazole rings is 1. The van der Waals surface area contributed by atoms with E-state index in [0.29, 0.717) is 11.4 Å². The second-order valence-corrected chi connectivity index (χ2v) is 8.79. The predicted molar refractivity (Wildman–Crippen MR) is 128 cm³/mol. The molecule has 0 saturated carbocycles. The van der Waals surface area contributed by atoms with Crippen LogP contribution in [0.4, 0.5) is 10.2 Å². The molecular weight excluding hydrogens is 435 g/mol. The zero-order valence-corrected chi connectivity index (χ0v) is 19.7. The largest absolute Gasteiger partial charge is 0.494 e. The molecule has 4 rings (SSSR count). The number of fused-ring (bicyclic) bond motifs is 1. The Balaban J connectivity index is 1.41. The van der Waals surface area contributed by atoms with Crippen LogP contribution in [-0.2, 0) is 31.1 Å². The summed E-state index contributed by atoms with van der Waals surface area (Å²) in [5.74, 6) is -0.262. The van der Waals surface area contributed by atoms with E-state index in [0.717, 1.165) is 62.3 Å². The maximum Gasteiger partial charge on any atom is 0.304 e. The van der Waals surface area contributed by atoms with Crippen molar-refractivity contribution in [3.63, 3.8) is 0 Å². The number of pyridine rings is 1. The summed E-state index contributed by atoms with van der Waals surface area (Å²) in [6.45, 7) is 0.984. The first-order valence-corrected chi connectivity index (χ1v) is 11.7. The molecule has 0 unspecified atom stereocenters. The fourth-order valence-electron chi connectivity index (χ4n) is 4.54. The number of nitrogens with zero attached hydrogens (tertiary/aromatic N) is 3. The van der Waals surface area contributed by atoms with Gasteiger partial charge in [-0.05, 0) is 67.9 Å². The van der Waals surface area contributed by atoms with Crippen LogP contribution in [0, 0.1) is 5.82 Å². The molecule has 0 spiro atoms. The lowest BCUT2D eigenvalue weighted by molar-refractivity contribution is -0.137. The van der Waals surface area contributed by atoms with Crippen LogP contribution in [0.1, 0.15) is 59.9 Å². The number of carboxylic acids is 1. The van der Waals surface area contributed by atoms with E-state index in [1.807, 2.05) is 17.8 Å². The average Bonchev–Trinajstić information content (AvgIpc) is 3.20. The minimum Gasteiger partial charge on any atom is -0.494 e. The van der Waals surface area contributed by atoms with Crippen LogP contribution < -0.4 is 10.1 Å². The van der Waals surface area contributed by atoms with Gasteiger partial charge in [0.2, 0.25) is 0 Å². The van der Waals surface area contributed by atoms with Crippen LogP contribution in [-0.4, -0.2) is 39.3 Å². The fourth-order valence-corrected chi connectivity index (χ4v) is 4.54. The van der Waals surface area contributed by atoms with E-state index in [2.05, 4.69) is 17.4 Å². The number of aliphatic carboxylic acids is 1. The highest BCUT2D eigenvalue weighted by atomic mass is 19.1. The lowest BCUT2D eigenvalue weighted by Gasteiger charge is -2.17. The first kappa shape index (κ1) is 23.7. The Labute approximate surface area is 199 Å². The maximum absolute atomic E-state index is 14.3. The number of halogens is 1. The van der Waals surface area contributed by atoms with Crippen molar-refractivity contribution in [3.8, 4) is 5.75 Å². The highest BCUT2D eigenvalue weighted by molar-refractivity contribution is 5.68. The summed E-state index contributed by atoms with van der Waals surface area (Å²) in [6, 6.07) is 8.85. The van der Waals surface area contributed by atoms with E-state index >= 15 is 0 Å². The summed E-state index contributed by atoms with van der Waals surface area (Å²) < 4.78 is 21.1. The molecule has 1 atom stereocenters. The first-order chi connectivity index (χ1) is 16.4. The van der Waals surface area contributed by atoms with E-state index in [1.54, 1.807) is 6.07 Å². The fraction of sp³-hybridized carbons (Fsp3) is 0.423. The second-order valence-electron chi connectivity index (χ2n) is 8.79. The zero-order valence-electron chi connectivity index (χ0n) is 19.7. The number of hydrogen-bond acceptors (Lipinski definition) is 5. The molecule has 2 N–H and O–H groups in total. The van der Waals surface area contributed by atoms with Crippen molar-refractivity contribution in [2.24, 2.45) is 7.05 Å². The summed E-state index contributed by atoms with van der Waals surface area (Å²) in [4.78, 5) is 21.0. The smallest absolute Gasteiger partial charge is 0.304 e. The molecule has 3 heterocycles. The Morgan fingerprint density at radius 3 is 2.74 bits per heavy atom. The third-order valence-corrected chi connectivity index (χ3v) is 6.30. The number of rotatable bonds is 10. The summed E-state index contributed by atoms with van der Waals surface area (Å²) in [6.07, 6.45) is 7.63. The second kappa shape index (κ2) is 10.7. The van der Waals surface area contributed by atoms with Gasteiger partial charge in [0.25, 0.3) is 0 Å². The number of anilines is 1. The third-order valence-electron chi connectivity index (χ3n) is 6.30. The topological polar surface area (TPSA) is 89.3 Å². The molecule has 3 aromatic rings. The minimum absolute atomic E-state index is 0.127. The van der Waals surface area contributed by atoms with Gasteiger partial charge in [0.05, 0.1) is 25.1 Å². The lowest BCUT2D eigenvalue weighted by atomic mass is 9.94. The molecule has 34 heavy (non-hydrogen) atoms. The summed E-state index contributed by atoms with van der Waals surface area (Å²) in [5.41, 5.74) is 3.86. The molecule has 1 aliphatic rings. The van der Waals surface area contributed by atoms with Gasteiger partial charge in [-0.1, -0.05) is 12.1 Å². The van der Waals surface area contributed by atoms with Crippen molar-refractivity contribution in [2.45, 2.75) is 50.9 Å². The van der Waals surface area contributed by atoms with Gasteiger partial charge >= 0.3 is 5.97 Å². The molecule has 7 nitrogen and oxygen atoms in total. The van der Waals surface area contributed by atoms with E-state index < -0.39 is 17.7 Å². The van der Waals surface area contributed by atoms with E-state index in [1.165, 1.54) is 24.8 Å². The molecule has 8 heteroatoms. The van der Waals surface area contributed by atoms with Crippen LogP contribution in [0.2, 0.25) is 0 Å². The van der Waals surface area contributed by atoms with Crippen LogP contribution in [0.25, 0.3) is 0 Å². The van der Waals surface area contributed by atoms with Crippen LogP contribution in [0.15, 0.2) is 36.5 Å². The predicted octanol–water partition coefficient (Wildman–Crippen LogP) is 4.49. The molecule has 1 aromatic carbocycles. The standard InChI is InChI=1S/C26H31FN4O3/c1-31-16-20(8-4-3-7-19-11-9-17-6-5-13-28-25(17)29-19)30-26(31)21(15-24(32)33)18-10-12-23(34-2)22(27)14-18/h9-12,14,16,21H,3-8,13,15H2,1-2H3,(H,28,29)(H,32,33)/t21-/m0/s1. The van der Waals surface area contributed by atoms with Crippen molar-refractivity contribution in [2.75, 3.05) is 19.0 Å². The molecular formula is C26H31FN4O3. The minimum atomic E-state index is -0.960. The van der Waals surface area contributed by atoms with Crippen LogP contribution >= 0.6 is 0 Å². The summed E-state index contributed by atoms with van der Waals surface area (Å²) in [5, 5.41) is 12.8. The molecule has 0 radical (unpaired) electrons. The van der Waals surface area contributed by atoms with Crippen LogP contribution in [0.5, 0.6) is 5.75 Å². The average molecular weight is 467 g/mol. The molecule has 2 aromatic heterocycles. The quantitative estimate of drug-likeness (QED) is 0.428. The molecule has 1 aliphatic heterocycles. The number of ether oxygens (including phenoxy) is 1. The van der Waals surface area contributed by atoms with Crippen molar-refractivity contribution in [3.05, 3.63) is 70.7 Å². The van der Waals surface area contributed by atoms with Gasteiger partial charge in [0.1, 0.15) is 11.6 Å². The van der Waals surface area contributed by atoms with Gasteiger partial charge in [0.15, 0.2) is 11.6 Å². The maximum atomic E-state index is 14.3. The first-order valence-electron chi connectivity index (χ1n) is 11.7. The van der Waals surface area contributed by atoms with Crippen LogP contribution in [0.3, 0.4) is 0 Å². The molecule has 0 fully saturated rings. The SMILES string of the molecule is COc1ccc([C@H](CC(=O)O)c2nc(CCCCc3ccc4c(n3)NCCC4)cn2C)cc1F. The number of benzene rings is 1. The number of carbonyl (C=O) groups is 1. The molecule has 0 saturated heterocycles.